The lowest BCUT2D eigenvalue weighted by Gasteiger charge is -2.39. The van der Waals surface area contributed by atoms with E-state index in [1.807, 2.05) is 0 Å². The maximum absolute atomic E-state index is 13.5. The highest BCUT2D eigenvalue weighted by molar-refractivity contribution is 5.88. The molecular weight excluding hydrogens is 473 g/mol. The molecule has 0 aromatic carbocycles. The van der Waals surface area contributed by atoms with Gasteiger partial charge in [-0.15, -0.1) is 0 Å². The Morgan fingerprint density at radius 2 is 1.10 bits per heavy atom. The molecule has 0 rings (SSSR count). The van der Waals surface area contributed by atoms with Crippen LogP contribution in [0.5, 0.6) is 0 Å². The predicted octanol–water partition coefficient (Wildman–Crippen LogP) is 6.22. The van der Waals surface area contributed by atoms with Crippen LogP contribution in [0.4, 0.5) is 65.9 Å². The molecule has 0 aliphatic rings. The van der Waals surface area contributed by atoms with Crippen molar-refractivity contribution >= 4 is 5.97 Å². The summed E-state index contributed by atoms with van der Waals surface area (Å²) < 4.78 is 197. The van der Waals surface area contributed by atoms with Gasteiger partial charge in [0.2, 0.25) is 0 Å². The van der Waals surface area contributed by atoms with E-state index in [9.17, 15) is 70.7 Å². The third-order valence-corrected chi connectivity index (χ3v) is 3.31. The molecule has 0 bridgehead atoms. The molecule has 30 heavy (non-hydrogen) atoms. The van der Waals surface area contributed by atoms with Crippen molar-refractivity contribution in [1.82, 2.24) is 0 Å². The number of alkyl halides is 13. The highest BCUT2D eigenvalue weighted by Gasteiger charge is 2.90. The zero-order chi connectivity index (χ0) is 24.6. The van der Waals surface area contributed by atoms with E-state index < -0.39 is 66.4 Å². The highest BCUT2D eigenvalue weighted by atomic mass is 19.4. The van der Waals surface area contributed by atoms with Gasteiger partial charge in [-0.2, -0.15) is 65.9 Å². The third-order valence-electron chi connectivity index (χ3n) is 3.31. The van der Waals surface area contributed by atoms with Gasteiger partial charge in [-0.05, 0) is 6.42 Å². The van der Waals surface area contributed by atoms with Gasteiger partial charge < -0.3 is 4.74 Å². The maximum Gasteiger partial charge on any atom is 0.460 e. The summed E-state index contributed by atoms with van der Waals surface area (Å²) >= 11 is 0. The minimum absolute atomic E-state index is 0.143. The van der Waals surface area contributed by atoms with Gasteiger partial charge in [0.25, 0.3) is 6.08 Å². The van der Waals surface area contributed by atoms with Crippen LogP contribution in [0.3, 0.4) is 0 Å². The molecule has 0 spiro atoms. The van der Waals surface area contributed by atoms with Gasteiger partial charge >= 0.3 is 41.8 Å². The van der Waals surface area contributed by atoms with Gasteiger partial charge in [-0.3, -0.25) is 0 Å². The van der Waals surface area contributed by atoms with Crippen LogP contribution >= 0.6 is 0 Å². The zero-order valence-corrected chi connectivity index (χ0v) is 14.1. The zero-order valence-electron chi connectivity index (χ0n) is 14.1. The van der Waals surface area contributed by atoms with E-state index in [-0.39, 0.29) is 6.42 Å². The Hall–Kier alpha value is -1.84. The molecule has 0 saturated heterocycles. The lowest BCUT2D eigenvalue weighted by Crippen LogP contribution is -2.70. The van der Waals surface area contributed by atoms with Crippen molar-refractivity contribution in [2.45, 2.75) is 55.6 Å². The van der Waals surface area contributed by atoms with Crippen molar-refractivity contribution < 1.29 is 75.4 Å². The van der Waals surface area contributed by atoms with Crippen LogP contribution in [0.25, 0.3) is 0 Å². The second kappa shape index (κ2) is 8.36. The fourth-order valence-corrected chi connectivity index (χ4v) is 1.63. The molecule has 0 aliphatic heterocycles. The average molecular weight is 482 g/mol. The first-order valence-corrected chi connectivity index (χ1v) is 7.20. The van der Waals surface area contributed by atoms with Gasteiger partial charge in [0.05, 0.1) is 13.0 Å². The number of hydrogen-bond acceptors (Lipinski definition) is 2. The van der Waals surface area contributed by atoms with E-state index in [1.165, 1.54) is 6.92 Å². The van der Waals surface area contributed by atoms with E-state index in [4.69, 9.17) is 0 Å². The largest absolute Gasteiger partial charge is 0.462 e. The number of esters is 1. The quantitative estimate of drug-likeness (QED) is 0.222. The summed E-state index contributed by atoms with van der Waals surface area (Å²) in [5.41, 5.74) is -2.71. The van der Waals surface area contributed by atoms with Crippen LogP contribution in [0.2, 0.25) is 0 Å². The van der Waals surface area contributed by atoms with E-state index in [0.29, 0.717) is 0 Å². The fourth-order valence-electron chi connectivity index (χ4n) is 1.63. The molecule has 0 fully saturated rings. The molecule has 0 unspecified atom stereocenters. The molecule has 0 amide bonds. The number of halogens is 15. The van der Waals surface area contributed by atoms with Crippen LogP contribution in [-0.4, -0.2) is 48.4 Å². The maximum atomic E-state index is 13.5. The smallest absolute Gasteiger partial charge is 0.460 e. The molecular formula is C13H9F15O2. The van der Waals surface area contributed by atoms with E-state index in [2.05, 4.69) is 4.74 Å². The molecule has 0 atom stereocenters. The minimum atomic E-state index is -8.16. The number of hydrogen-bond donors (Lipinski definition) is 0. The van der Waals surface area contributed by atoms with E-state index in [1.54, 1.807) is 0 Å². The number of ether oxygens (including phenoxy) is 1. The SMILES string of the molecule is CCCOC(=O)C(CC(F)(F)C(F)(F)C(F)(F)C(F)(F)C(F)(F)C(F)(F)F)=C(F)F. The Labute approximate surface area is 156 Å². The first kappa shape index (κ1) is 28.2. The van der Waals surface area contributed by atoms with Gasteiger partial charge in [-0.1, -0.05) is 6.92 Å². The lowest BCUT2D eigenvalue weighted by molar-refractivity contribution is -0.439. The van der Waals surface area contributed by atoms with Gasteiger partial charge in [-0.25, -0.2) is 4.79 Å². The second-order valence-electron chi connectivity index (χ2n) is 5.55. The normalized spacial score (nSPS) is 14.5. The Bertz CT molecular complexity index is 658. The summed E-state index contributed by atoms with van der Waals surface area (Å²) in [5, 5.41) is 0. The summed E-state index contributed by atoms with van der Waals surface area (Å²) in [4.78, 5) is 11.1. The molecule has 0 aliphatic carbocycles. The molecule has 0 heterocycles. The summed E-state index contributed by atoms with van der Waals surface area (Å²) in [7, 11) is 0. The van der Waals surface area contributed by atoms with Gasteiger partial charge in [0.1, 0.15) is 5.57 Å². The van der Waals surface area contributed by atoms with Crippen LogP contribution in [0, 0.1) is 0 Å². The Balaban J connectivity index is 6.30. The Morgan fingerprint density at radius 1 is 0.700 bits per heavy atom. The van der Waals surface area contributed by atoms with Gasteiger partial charge in [0, 0.05) is 0 Å². The summed E-state index contributed by atoms with van der Waals surface area (Å²) in [6.45, 7) is 0.457. The Morgan fingerprint density at radius 3 is 1.43 bits per heavy atom. The van der Waals surface area contributed by atoms with Crippen molar-refractivity contribution in [2.75, 3.05) is 6.61 Å². The average Bonchev–Trinajstić information content (AvgIpc) is 2.55. The fraction of sp³-hybridized carbons (Fsp3) is 0.769. The van der Waals surface area contributed by atoms with E-state index >= 15 is 0 Å². The topological polar surface area (TPSA) is 26.3 Å². The number of rotatable bonds is 9. The lowest BCUT2D eigenvalue weighted by atomic mass is 9.91. The molecule has 0 aromatic rings. The number of carbonyl (C=O) groups is 1. The number of carbonyl (C=O) groups excluding carboxylic acids is 1. The third kappa shape index (κ3) is 4.58. The summed E-state index contributed by atoms with van der Waals surface area (Å²) in [6, 6.07) is 0. The summed E-state index contributed by atoms with van der Waals surface area (Å²) in [5.74, 6) is -41.3. The molecule has 178 valence electrons. The Kier molecular flexibility index (Phi) is 7.84. The molecule has 0 N–H and O–H groups in total. The van der Waals surface area contributed by atoms with E-state index in [0.717, 1.165) is 0 Å². The van der Waals surface area contributed by atoms with Crippen molar-refractivity contribution in [2.24, 2.45) is 0 Å². The molecule has 0 aromatic heterocycles. The standard InChI is InChI=1S/C13H9F15O2/c1-2-3-30-7(29)5(6(14)15)4-8(16,17)9(18,19)10(20,21)11(22,23)12(24,25)13(26,27)28/h2-4H2,1H3. The molecule has 0 radical (unpaired) electrons. The van der Waals surface area contributed by atoms with Gasteiger partial charge in [0.15, 0.2) is 0 Å². The predicted molar refractivity (Wildman–Crippen MR) is 65.9 cm³/mol. The second-order valence-corrected chi connectivity index (χ2v) is 5.55. The minimum Gasteiger partial charge on any atom is -0.462 e. The van der Waals surface area contributed by atoms with Crippen LogP contribution < -0.4 is 0 Å². The van der Waals surface area contributed by atoms with Crippen LogP contribution in [0.1, 0.15) is 19.8 Å². The first-order valence-electron chi connectivity index (χ1n) is 7.20. The van der Waals surface area contributed by atoms with Crippen molar-refractivity contribution in [3.63, 3.8) is 0 Å². The molecule has 17 heteroatoms. The summed E-state index contributed by atoms with van der Waals surface area (Å²) in [6.07, 6.45) is -14.7. The molecule has 2 nitrogen and oxygen atoms in total. The van der Waals surface area contributed by atoms with Crippen molar-refractivity contribution in [3.05, 3.63) is 11.7 Å². The van der Waals surface area contributed by atoms with Crippen molar-refractivity contribution in [3.8, 4) is 0 Å². The first-order chi connectivity index (χ1) is 13.0. The van der Waals surface area contributed by atoms with Crippen LogP contribution in [0.15, 0.2) is 11.7 Å². The molecule has 0 saturated carbocycles. The monoisotopic (exact) mass is 482 g/mol. The van der Waals surface area contributed by atoms with Crippen LogP contribution in [-0.2, 0) is 9.53 Å². The highest BCUT2D eigenvalue weighted by Crippen LogP contribution is 2.61. The van der Waals surface area contributed by atoms with Crippen molar-refractivity contribution in [1.29, 1.82) is 0 Å².